The van der Waals surface area contributed by atoms with Gasteiger partial charge in [-0.2, -0.15) is 0 Å². The largest absolute Gasteiger partial charge is 0.361 e. The maximum atomic E-state index is 11.8. The average molecular weight is 277 g/mol. The lowest BCUT2D eigenvalue weighted by atomic mass is 10.2. The van der Waals surface area contributed by atoms with Gasteiger partial charge in [0, 0.05) is 18.4 Å². The molecule has 1 N–H and O–H groups in total. The molecule has 2 aliphatic rings. The van der Waals surface area contributed by atoms with Gasteiger partial charge in [-0.15, -0.1) is 0 Å². The fourth-order valence-electron chi connectivity index (χ4n) is 2.72. The molecular weight excluding hydrogens is 254 g/mol. The van der Waals surface area contributed by atoms with E-state index in [9.17, 15) is 4.79 Å². The maximum absolute atomic E-state index is 11.8. The first-order valence-corrected chi connectivity index (χ1v) is 7.76. The van der Waals surface area contributed by atoms with Crippen LogP contribution in [0.3, 0.4) is 0 Å². The lowest BCUT2D eigenvalue weighted by Gasteiger charge is -2.13. The van der Waals surface area contributed by atoms with Gasteiger partial charge in [-0.25, -0.2) is 0 Å². The molecular formula is C15H23N3O2. The van der Waals surface area contributed by atoms with E-state index < -0.39 is 0 Å². The van der Waals surface area contributed by atoms with E-state index in [-0.39, 0.29) is 5.91 Å². The van der Waals surface area contributed by atoms with Crippen LogP contribution in [-0.4, -0.2) is 35.6 Å². The standard InChI is InChI=1S/C15H23N3O2/c19-15(4-3-9-18-7-1-2-8-18)16-11-13-10-14(20-17-13)12-5-6-12/h10,12H,1-9,11H2,(H,16,19). The Morgan fingerprint density at radius 1 is 1.40 bits per heavy atom. The summed E-state index contributed by atoms with van der Waals surface area (Å²) in [4.78, 5) is 14.2. The van der Waals surface area contributed by atoms with Gasteiger partial charge in [0.25, 0.3) is 0 Å². The van der Waals surface area contributed by atoms with Gasteiger partial charge in [0.15, 0.2) is 0 Å². The Morgan fingerprint density at radius 2 is 2.20 bits per heavy atom. The van der Waals surface area contributed by atoms with Crippen molar-refractivity contribution in [3.8, 4) is 0 Å². The molecule has 1 amide bonds. The molecule has 0 atom stereocenters. The van der Waals surface area contributed by atoms with Crippen LogP contribution in [0.15, 0.2) is 10.6 Å². The summed E-state index contributed by atoms with van der Waals surface area (Å²) in [6.45, 7) is 3.93. The van der Waals surface area contributed by atoms with E-state index in [1.54, 1.807) is 0 Å². The van der Waals surface area contributed by atoms with E-state index in [0.717, 1.165) is 24.4 Å². The summed E-state index contributed by atoms with van der Waals surface area (Å²) in [5.74, 6) is 1.66. The molecule has 1 aliphatic heterocycles. The lowest BCUT2D eigenvalue weighted by molar-refractivity contribution is -0.121. The summed E-state index contributed by atoms with van der Waals surface area (Å²) in [5.41, 5.74) is 0.833. The second-order valence-electron chi connectivity index (χ2n) is 5.92. The number of rotatable bonds is 7. The summed E-state index contributed by atoms with van der Waals surface area (Å²) in [6.07, 6.45) is 6.57. The van der Waals surface area contributed by atoms with Crippen LogP contribution >= 0.6 is 0 Å². The van der Waals surface area contributed by atoms with Crippen molar-refractivity contribution in [3.05, 3.63) is 17.5 Å². The molecule has 1 aliphatic carbocycles. The molecule has 3 rings (SSSR count). The van der Waals surface area contributed by atoms with Crippen molar-refractivity contribution in [1.82, 2.24) is 15.4 Å². The van der Waals surface area contributed by atoms with E-state index >= 15 is 0 Å². The van der Waals surface area contributed by atoms with Crippen molar-refractivity contribution in [2.45, 2.75) is 51.0 Å². The number of amides is 1. The van der Waals surface area contributed by atoms with Crippen molar-refractivity contribution in [1.29, 1.82) is 0 Å². The van der Waals surface area contributed by atoms with Crippen LogP contribution in [-0.2, 0) is 11.3 Å². The third-order valence-electron chi connectivity index (χ3n) is 4.10. The number of hydrogen-bond acceptors (Lipinski definition) is 4. The normalized spacial score (nSPS) is 19.4. The second kappa shape index (κ2) is 6.39. The second-order valence-corrected chi connectivity index (χ2v) is 5.92. The Morgan fingerprint density at radius 3 is 2.95 bits per heavy atom. The zero-order chi connectivity index (χ0) is 13.8. The molecule has 0 radical (unpaired) electrons. The topological polar surface area (TPSA) is 58.4 Å². The van der Waals surface area contributed by atoms with Crippen LogP contribution in [0, 0.1) is 0 Å². The predicted molar refractivity (Wildman–Crippen MR) is 75.2 cm³/mol. The number of likely N-dealkylation sites (tertiary alicyclic amines) is 1. The van der Waals surface area contributed by atoms with Crippen molar-refractivity contribution in [2.24, 2.45) is 0 Å². The Balaban J connectivity index is 1.31. The zero-order valence-electron chi connectivity index (χ0n) is 11.9. The van der Waals surface area contributed by atoms with Crippen LogP contribution in [0.4, 0.5) is 0 Å². The minimum atomic E-state index is 0.111. The molecule has 0 unspecified atom stereocenters. The number of hydrogen-bond donors (Lipinski definition) is 1. The Bertz CT molecular complexity index is 448. The number of nitrogens with one attached hydrogen (secondary N) is 1. The van der Waals surface area contributed by atoms with Gasteiger partial charge in [0.05, 0.1) is 6.54 Å². The van der Waals surface area contributed by atoms with Gasteiger partial charge in [0.1, 0.15) is 11.5 Å². The molecule has 5 heteroatoms. The molecule has 1 saturated heterocycles. The first-order valence-electron chi connectivity index (χ1n) is 7.76. The van der Waals surface area contributed by atoms with E-state index in [1.165, 1.54) is 38.8 Å². The van der Waals surface area contributed by atoms with Crippen LogP contribution in [0.25, 0.3) is 0 Å². The van der Waals surface area contributed by atoms with E-state index in [0.29, 0.717) is 18.9 Å². The SMILES string of the molecule is O=C(CCCN1CCCC1)NCc1cc(C2CC2)on1. The summed E-state index contributed by atoms with van der Waals surface area (Å²) >= 11 is 0. The number of nitrogens with zero attached hydrogens (tertiary/aromatic N) is 2. The fraction of sp³-hybridized carbons (Fsp3) is 0.733. The Labute approximate surface area is 119 Å². The minimum Gasteiger partial charge on any atom is -0.361 e. The van der Waals surface area contributed by atoms with E-state index in [2.05, 4.69) is 15.4 Å². The Kier molecular flexibility index (Phi) is 4.35. The quantitative estimate of drug-likeness (QED) is 0.828. The third-order valence-corrected chi connectivity index (χ3v) is 4.10. The molecule has 1 aromatic heterocycles. The van der Waals surface area contributed by atoms with Gasteiger partial charge >= 0.3 is 0 Å². The third kappa shape index (κ3) is 3.82. The van der Waals surface area contributed by atoms with Gasteiger partial charge in [-0.3, -0.25) is 4.79 Å². The lowest BCUT2D eigenvalue weighted by Crippen LogP contribution is -2.25. The summed E-state index contributed by atoms with van der Waals surface area (Å²) in [5, 5.41) is 6.91. The highest BCUT2D eigenvalue weighted by Crippen LogP contribution is 2.40. The van der Waals surface area contributed by atoms with Crippen molar-refractivity contribution < 1.29 is 9.32 Å². The monoisotopic (exact) mass is 277 g/mol. The van der Waals surface area contributed by atoms with Gasteiger partial charge in [0.2, 0.25) is 5.91 Å². The molecule has 110 valence electrons. The summed E-state index contributed by atoms with van der Waals surface area (Å²) < 4.78 is 5.26. The molecule has 5 nitrogen and oxygen atoms in total. The van der Waals surface area contributed by atoms with Crippen LogP contribution in [0.2, 0.25) is 0 Å². The minimum absolute atomic E-state index is 0.111. The highest BCUT2D eigenvalue weighted by Gasteiger charge is 2.27. The predicted octanol–water partition coefficient (Wildman–Crippen LogP) is 2.04. The highest BCUT2D eigenvalue weighted by molar-refractivity contribution is 5.75. The highest BCUT2D eigenvalue weighted by atomic mass is 16.5. The molecule has 20 heavy (non-hydrogen) atoms. The molecule has 0 aromatic carbocycles. The average Bonchev–Trinajstić information content (AvgIpc) is 2.98. The first kappa shape index (κ1) is 13.6. The summed E-state index contributed by atoms with van der Waals surface area (Å²) in [6, 6.07) is 1.97. The van der Waals surface area contributed by atoms with Crippen molar-refractivity contribution >= 4 is 5.91 Å². The number of aromatic nitrogens is 1. The molecule has 2 fully saturated rings. The van der Waals surface area contributed by atoms with Gasteiger partial charge in [-0.1, -0.05) is 5.16 Å². The molecule has 2 heterocycles. The van der Waals surface area contributed by atoms with Crippen molar-refractivity contribution in [2.75, 3.05) is 19.6 Å². The van der Waals surface area contributed by atoms with Crippen LogP contribution < -0.4 is 5.32 Å². The molecule has 0 bridgehead atoms. The van der Waals surface area contributed by atoms with Crippen LogP contribution in [0.5, 0.6) is 0 Å². The molecule has 0 spiro atoms. The fourth-order valence-corrected chi connectivity index (χ4v) is 2.72. The number of carbonyl (C=O) groups is 1. The first-order chi connectivity index (χ1) is 9.81. The summed E-state index contributed by atoms with van der Waals surface area (Å²) in [7, 11) is 0. The zero-order valence-corrected chi connectivity index (χ0v) is 11.9. The van der Waals surface area contributed by atoms with Crippen LogP contribution in [0.1, 0.15) is 55.9 Å². The number of carbonyl (C=O) groups excluding carboxylic acids is 1. The molecule has 1 saturated carbocycles. The van der Waals surface area contributed by atoms with E-state index in [1.807, 2.05) is 6.07 Å². The maximum Gasteiger partial charge on any atom is 0.220 e. The smallest absolute Gasteiger partial charge is 0.220 e. The van der Waals surface area contributed by atoms with Gasteiger partial charge < -0.3 is 14.7 Å². The Hall–Kier alpha value is -1.36. The van der Waals surface area contributed by atoms with Crippen molar-refractivity contribution in [3.63, 3.8) is 0 Å². The molecule has 1 aromatic rings. The van der Waals surface area contributed by atoms with Gasteiger partial charge in [-0.05, 0) is 51.7 Å². The van der Waals surface area contributed by atoms with E-state index in [4.69, 9.17) is 4.52 Å².